The van der Waals surface area contributed by atoms with E-state index in [1.807, 2.05) is 24.3 Å². The van der Waals surface area contributed by atoms with Gasteiger partial charge in [0.25, 0.3) is 0 Å². The molecule has 2 nitrogen and oxygen atoms in total. The van der Waals surface area contributed by atoms with Gasteiger partial charge in [-0.2, -0.15) is 0 Å². The maximum Gasteiger partial charge on any atom is 0.166 e. The minimum absolute atomic E-state index is 0.241. The fourth-order valence-electron chi connectivity index (χ4n) is 3.70. The standard InChI is InChI=1S/C28H26O2/c1-20-6-3-7-21(2)28(20)25-11-4-8-23(18-25)19-30-26-15-12-22(13-16-26)14-17-27(29)24-9-5-10-24/h3-4,6-8,11-13,15-16,18,29H,5,9-10,19H2,1-2H3. The smallest absolute Gasteiger partial charge is 0.166 e. The molecule has 0 aliphatic heterocycles. The molecule has 30 heavy (non-hydrogen) atoms. The molecule has 0 spiro atoms. The molecule has 150 valence electrons. The van der Waals surface area contributed by atoms with Crippen LogP contribution in [0.25, 0.3) is 11.1 Å². The number of hydrogen-bond acceptors (Lipinski definition) is 2. The number of hydrogen-bond donors (Lipinski definition) is 1. The third kappa shape index (κ3) is 4.58. The van der Waals surface area contributed by atoms with Gasteiger partial charge in [-0.05, 0) is 103 Å². The molecule has 3 aromatic carbocycles. The van der Waals surface area contributed by atoms with Crippen molar-refractivity contribution in [3.05, 3.63) is 100 Å². The van der Waals surface area contributed by atoms with E-state index in [0.29, 0.717) is 6.61 Å². The van der Waals surface area contributed by atoms with Gasteiger partial charge in [-0.1, -0.05) is 42.3 Å². The Morgan fingerprint density at radius 3 is 2.30 bits per heavy atom. The third-order valence-corrected chi connectivity index (χ3v) is 5.57. The van der Waals surface area contributed by atoms with Gasteiger partial charge in [0, 0.05) is 5.56 Å². The number of ether oxygens (including phenoxy) is 1. The first kappa shape index (κ1) is 19.9. The van der Waals surface area contributed by atoms with Crippen molar-refractivity contribution in [1.29, 1.82) is 0 Å². The van der Waals surface area contributed by atoms with E-state index < -0.39 is 0 Å². The zero-order chi connectivity index (χ0) is 20.9. The van der Waals surface area contributed by atoms with Gasteiger partial charge >= 0.3 is 0 Å². The molecule has 1 saturated carbocycles. The summed E-state index contributed by atoms with van der Waals surface area (Å²) >= 11 is 0. The maximum absolute atomic E-state index is 9.92. The Bertz CT molecular complexity index is 1110. The van der Waals surface area contributed by atoms with Gasteiger partial charge < -0.3 is 9.84 Å². The summed E-state index contributed by atoms with van der Waals surface area (Å²) in [5, 5.41) is 9.92. The van der Waals surface area contributed by atoms with Gasteiger partial charge in [-0.15, -0.1) is 0 Å². The average molecular weight is 395 g/mol. The van der Waals surface area contributed by atoms with Crippen LogP contribution in [0.2, 0.25) is 0 Å². The molecule has 1 fully saturated rings. The topological polar surface area (TPSA) is 29.5 Å². The van der Waals surface area contributed by atoms with Crippen molar-refractivity contribution in [1.82, 2.24) is 0 Å². The van der Waals surface area contributed by atoms with Gasteiger partial charge in [0.05, 0.1) is 0 Å². The van der Waals surface area contributed by atoms with Crippen molar-refractivity contribution < 1.29 is 9.84 Å². The molecule has 0 unspecified atom stereocenters. The molecule has 0 bridgehead atoms. The second-order valence-corrected chi connectivity index (χ2v) is 7.84. The minimum Gasteiger partial charge on any atom is -0.501 e. The molecule has 4 rings (SSSR count). The fourth-order valence-corrected chi connectivity index (χ4v) is 3.70. The summed E-state index contributed by atoms with van der Waals surface area (Å²) in [6, 6.07) is 22.6. The van der Waals surface area contributed by atoms with Crippen LogP contribution in [0, 0.1) is 25.7 Å². The van der Waals surface area contributed by atoms with E-state index in [1.165, 1.54) is 22.3 Å². The number of rotatable bonds is 4. The first-order valence-electron chi connectivity index (χ1n) is 10.4. The molecule has 0 heterocycles. The molecule has 0 saturated heterocycles. The Labute approximate surface area is 178 Å². The fraction of sp³-hybridized carbons (Fsp3) is 0.214. The first-order chi connectivity index (χ1) is 14.6. The quantitative estimate of drug-likeness (QED) is 0.385. The number of aliphatic hydroxyl groups is 1. The maximum atomic E-state index is 9.92. The lowest BCUT2D eigenvalue weighted by atomic mass is 9.91. The highest BCUT2D eigenvalue weighted by Crippen LogP contribution is 2.28. The van der Waals surface area contributed by atoms with Gasteiger partial charge in [-0.25, -0.2) is 0 Å². The Balaban J connectivity index is 1.42. The Morgan fingerprint density at radius 1 is 0.933 bits per heavy atom. The first-order valence-corrected chi connectivity index (χ1v) is 10.4. The largest absolute Gasteiger partial charge is 0.501 e. The van der Waals surface area contributed by atoms with E-state index in [-0.39, 0.29) is 5.76 Å². The SMILES string of the molecule is Cc1cccc(C)c1-c1cccc(COc2ccc(C#CC(O)=C3CCC3)cc2)c1. The van der Waals surface area contributed by atoms with Crippen molar-refractivity contribution in [3.63, 3.8) is 0 Å². The van der Waals surface area contributed by atoms with Crippen molar-refractivity contribution in [2.75, 3.05) is 0 Å². The van der Waals surface area contributed by atoms with Gasteiger partial charge in [0.2, 0.25) is 0 Å². The summed E-state index contributed by atoms with van der Waals surface area (Å²) in [6.07, 6.45) is 3.09. The molecule has 0 radical (unpaired) electrons. The van der Waals surface area contributed by atoms with Crippen molar-refractivity contribution in [2.24, 2.45) is 0 Å². The zero-order valence-corrected chi connectivity index (χ0v) is 17.5. The Hall–Kier alpha value is -3.44. The molecule has 0 atom stereocenters. The molecular weight excluding hydrogens is 368 g/mol. The summed E-state index contributed by atoms with van der Waals surface area (Å²) in [7, 11) is 0. The normalized spacial score (nSPS) is 12.5. The Kier molecular flexibility index (Phi) is 5.91. The number of aryl methyl sites for hydroxylation is 2. The van der Waals surface area contributed by atoms with Crippen molar-refractivity contribution in [2.45, 2.75) is 39.7 Å². The van der Waals surface area contributed by atoms with Crippen LogP contribution in [0.1, 0.15) is 41.5 Å². The highest BCUT2D eigenvalue weighted by Gasteiger charge is 2.12. The summed E-state index contributed by atoms with van der Waals surface area (Å²) in [4.78, 5) is 0. The number of allylic oxidation sites excluding steroid dienone is 2. The summed E-state index contributed by atoms with van der Waals surface area (Å²) in [5.74, 6) is 6.92. The van der Waals surface area contributed by atoms with E-state index >= 15 is 0 Å². The predicted octanol–water partition coefficient (Wildman–Crippen LogP) is 6.90. The van der Waals surface area contributed by atoms with Crippen LogP contribution >= 0.6 is 0 Å². The molecule has 0 amide bonds. The van der Waals surface area contributed by atoms with Crippen LogP contribution in [0.4, 0.5) is 0 Å². The molecule has 1 aliphatic carbocycles. The van der Waals surface area contributed by atoms with E-state index in [2.05, 4.69) is 68.2 Å². The van der Waals surface area contributed by atoms with Crippen LogP contribution in [-0.4, -0.2) is 5.11 Å². The summed E-state index contributed by atoms with van der Waals surface area (Å²) in [5.41, 5.74) is 8.15. The van der Waals surface area contributed by atoms with E-state index in [1.54, 1.807) is 0 Å². The summed E-state index contributed by atoms with van der Waals surface area (Å²) in [6.45, 7) is 4.81. The van der Waals surface area contributed by atoms with Crippen LogP contribution in [0.15, 0.2) is 78.1 Å². The lowest BCUT2D eigenvalue weighted by molar-refractivity contribution is 0.306. The lowest BCUT2D eigenvalue weighted by Crippen LogP contribution is -2.00. The molecule has 1 N–H and O–H groups in total. The molecule has 1 aliphatic rings. The van der Waals surface area contributed by atoms with Crippen molar-refractivity contribution >= 4 is 0 Å². The van der Waals surface area contributed by atoms with Crippen molar-refractivity contribution in [3.8, 4) is 28.7 Å². The molecule has 0 aromatic heterocycles. The molecule has 3 aromatic rings. The van der Waals surface area contributed by atoms with E-state index in [4.69, 9.17) is 4.74 Å². The number of benzene rings is 3. The lowest BCUT2D eigenvalue weighted by Gasteiger charge is -2.15. The van der Waals surface area contributed by atoms with Crippen LogP contribution < -0.4 is 4.74 Å². The van der Waals surface area contributed by atoms with Gasteiger partial charge in [0.1, 0.15) is 12.4 Å². The van der Waals surface area contributed by atoms with Crippen LogP contribution in [0.3, 0.4) is 0 Å². The monoisotopic (exact) mass is 394 g/mol. The Morgan fingerprint density at radius 2 is 1.63 bits per heavy atom. The van der Waals surface area contributed by atoms with E-state index in [0.717, 1.165) is 41.7 Å². The van der Waals surface area contributed by atoms with E-state index in [9.17, 15) is 5.11 Å². The third-order valence-electron chi connectivity index (χ3n) is 5.57. The van der Waals surface area contributed by atoms with Gasteiger partial charge in [-0.3, -0.25) is 0 Å². The second-order valence-electron chi connectivity index (χ2n) is 7.84. The van der Waals surface area contributed by atoms with Crippen LogP contribution in [0.5, 0.6) is 5.75 Å². The number of aliphatic hydroxyl groups excluding tert-OH is 1. The average Bonchev–Trinajstić information content (AvgIpc) is 2.70. The predicted molar refractivity (Wildman–Crippen MR) is 123 cm³/mol. The highest BCUT2D eigenvalue weighted by atomic mass is 16.5. The molecule has 2 heteroatoms. The van der Waals surface area contributed by atoms with Gasteiger partial charge in [0.15, 0.2) is 5.76 Å². The summed E-state index contributed by atoms with van der Waals surface area (Å²) < 4.78 is 5.98. The minimum atomic E-state index is 0.241. The molecular formula is C28H26O2. The highest BCUT2D eigenvalue weighted by molar-refractivity contribution is 5.71. The second kappa shape index (κ2) is 8.93. The zero-order valence-electron chi connectivity index (χ0n) is 17.5. The van der Waals surface area contributed by atoms with Crippen LogP contribution in [-0.2, 0) is 6.61 Å².